The number of nitrogens with zero attached hydrogens (tertiary/aromatic N) is 4. The van der Waals surface area contributed by atoms with Crippen LogP contribution in [0.2, 0.25) is 0 Å². The summed E-state index contributed by atoms with van der Waals surface area (Å²) < 4.78 is 7.94. The zero-order valence-electron chi connectivity index (χ0n) is 16.8. The van der Waals surface area contributed by atoms with Gasteiger partial charge in [-0.05, 0) is 12.1 Å². The van der Waals surface area contributed by atoms with Crippen molar-refractivity contribution in [1.29, 1.82) is 0 Å². The van der Waals surface area contributed by atoms with E-state index >= 15 is 0 Å². The van der Waals surface area contributed by atoms with Gasteiger partial charge in [0.1, 0.15) is 11.4 Å². The fraction of sp³-hybridized carbons (Fsp3) is 0.250. The first-order chi connectivity index (χ1) is 14.8. The van der Waals surface area contributed by atoms with Gasteiger partial charge in [-0.2, -0.15) is 0 Å². The summed E-state index contributed by atoms with van der Waals surface area (Å²) in [6.45, 7) is 4.96. The number of hydrogen-bond acceptors (Lipinski definition) is 4. The van der Waals surface area contributed by atoms with Gasteiger partial charge < -0.3 is 13.9 Å². The van der Waals surface area contributed by atoms with Crippen molar-refractivity contribution in [3.05, 3.63) is 78.8 Å². The molecule has 6 nitrogen and oxygen atoms in total. The Morgan fingerprint density at radius 2 is 1.70 bits per heavy atom. The van der Waals surface area contributed by atoms with E-state index in [-0.39, 0.29) is 5.91 Å². The van der Waals surface area contributed by atoms with Crippen molar-refractivity contribution in [3.63, 3.8) is 0 Å². The third kappa shape index (κ3) is 3.74. The van der Waals surface area contributed by atoms with Crippen LogP contribution < -0.4 is 0 Å². The zero-order valence-corrected chi connectivity index (χ0v) is 16.8. The van der Waals surface area contributed by atoms with E-state index in [1.807, 2.05) is 65.8 Å². The molecule has 1 aliphatic heterocycles. The van der Waals surface area contributed by atoms with Crippen molar-refractivity contribution in [2.24, 2.45) is 0 Å². The molecule has 0 radical (unpaired) electrons. The number of carbonyl (C=O) groups excluding carboxylic acids is 1. The van der Waals surface area contributed by atoms with Crippen LogP contribution in [0.5, 0.6) is 0 Å². The molecule has 1 amide bonds. The molecule has 0 aliphatic carbocycles. The molecule has 3 heterocycles. The van der Waals surface area contributed by atoms with Crippen LogP contribution in [0.1, 0.15) is 10.6 Å². The molecule has 6 heteroatoms. The van der Waals surface area contributed by atoms with Gasteiger partial charge in [0.2, 0.25) is 0 Å². The molecule has 1 aliphatic rings. The molecule has 5 rings (SSSR count). The third-order valence-electron chi connectivity index (χ3n) is 5.70. The molecule has 0 unspecified atom stereocenters. The number of carbonyl (C=O) groups is 1. The van der Waals surface area contributed by atoms with E-state index in [4.69, 9.17) is 4.42 Å². The lowest BCUT2D eigenvalue weighted by Gasteiger charge is -2.34. The highest BCUT2D eigenvalue weighted by Crippen LogP contribution is 2.21. The van der Waals surface area contributed by atoms with Crippen LogP contribution in [0.25, 0.3) is 22.4 Å². The standard InChI is InChI=1S/C24H24N4O2/c29-24(22-18-20-8-4-5-9-21(20)30-22)28-16-13-26(14-17-28)12-15-27-11-10-25-23(27)19-6-2-1-3-7-19/h1-11,18H,12-17H2. The number of fused-ring (bicyclic) bond motifs is 1. The number of benzene rings is 2. The van der Waals surface area contributed by atoms with Crippen LogP contribution in [0.3, 0.4) is 0 Å². The predicted molar refractivity (Wildman–Crippen MR) is 116 cm³/mol. The Hall–Kier alpha value is -3.38. The monoisotopic (exact) mass is 400 g/mol. The van der Waals surface area contributed by atoms with E-state index in [2.05, 4.69) is 26.6 Å². The average molecular weight is 400 g/mol. The molecule has 2 aromatic carbocycles. The molecule has 30 heavy (non-hydrogen) atoms. The minimum absolute atomic E-state index is 0.0215. The zero-order chi connectivity index (χ0) is 20.3. The summed E-state index contributed by atoms with van der Waals surface area (Å²) in [6, 6.07) is 19.8. The maximum Gasteiger partial charge on any atom is 0.289 e. The van der Waals surface area contributed by atoms with Gasteiger partial charge in [-0.15, -0.1) is 0 Å². The molecule has 4 aromatic rings. The molecule has 0 atom stereocenters. The highest BCUT2D eigenvalue weighted by Gasteiger charge is 2.24. The SMILES string of the molecule is O=C(c1cc2ccccc2o1)N1CCN(CCn2ccnc2-c2ccccc2)CC1. The van der Waals surface area contributed by atoms with E-state index in [9.17, 15) is 4.79 Å². The molecule has 152 valence electrons. The Kier molecular flexibility index (Phi) is 5.07. The van der Waals surface area contributed by atoms with Crippen molar-refractivity contribution >= 4 is 16.9 Å². The molecule has 1 fully saturated rings. The molecule has 1 saturated heterocycles. The van der Waals surface area contributed by atoms with E-state index in [1.54, 1.807) is 0 Å². The smallest absolute Gasteiger partial charge is 0.289 e. The van der Waals surface area contributed by atoms with Gasteiger partial charge in [0, 0.05) is 62.6 Å². The van der Waals surface area contributed by atoms with Gasteiger partial charge in [0.15, 0.2) is 5.76 Å². The first-order valence-electron chi connectivity index (χ1n) is 10.3. The lowest BCUT2D eigenvalue weighted by Crippen LogP contribution is -2.49. The normalized spacial score (nSPS) is 15.0. The van der Waals surface area contributed by atoms with Crippen LogP contribution >= 0.6 is 0 Å². The number of aromatic nitrogens is 2. The summed E-state index contributed by atoms with van der Waals surface area (Å²) in [4.78, 5) is 21.6. The molecule has 0 saturated carbocycles. The molecule has 2 aromatic heterocycles. The Bertz CT molecular complexity index is 1110. The number of imidazole rings is 1. The lowest BCUT2D eigenvalue weighted by atomic mass is 10.2. The highest BCUT2D eigenvalue weighted by molar-refractivity contribution is 5.96. The first kappa shape index (κ1) is 18.6. The fourth-order valence-corrected chi connectivity index (χ4v) is 4.00. The molecule has 0 bridgehead atoms. The number of rotatable bonds is 5. The van der Waals surface area contributed by atoms with Crippen molar-refractivity contribution in [2.75, 3.05) is 32.7 Å². The topological polar surface area (TPSA) is 54.5 Å². The number of piperazine rings is 1. The van der Waals surface area contributed by atoms with Gasteiger partial charge in [0.05, 0.1) is 0 Å². The van der Waals surface area contributed by atoms with E-state index < -0.39 is 0 Å². The Labute approximate surface area is 175 Å². The minimum atomic E-state index is -0.0215. The second-order valence-electron chi connectivity index (χ2n) is 7.59. The largest absolute Gasteiger partial charge is 0.451 e. The Morgan fingerprint density at radius 1 is 0.933 bits per heavy atom. The second kappa shape index (κ2) is 8.16. The maximum atomic E-state index is 12.8. The van der Waals surface area contributed by atoms with Crippen LogP contribution in [-0.2, 0) is 6.54 Å². The van der Waals surface area contributed by atoms with Gasteiger partial charge >= 0.3 is 0 Å². The molecular weight excluding hydrogens is 376 g/mol. The van der Waals surface area contributed by atoms with Crippen molar-refractivity contribution in [3.8, 4) is 11.4 Å². The summed E-state index contributed by atoms with van der Waals surface area (Å²) in [5.74, 6) is 1.40. The van der Waals surface area contributed by atoms with Gasteiger partial charge in [-0.3, -0.25) is 9.69 Å². The van der Waals surface area contributed by atoms with Crippen LogP contribution in [0.15, 0.2) is 77.5 Å². The minimum Gasteiger partial charge on any atom is -0.451 e. The average Bonchev–Trinajstić information content (AvgIpc) is 3.45. The lowest BCUT2D eigenvalue weighted by molar-refractivity contribution is 0.0605. The van der Waals surface area contributed by atoms with Crippen molar-refractivity contribution in [2.45, 2.75) is 6.54 Å². The van der Waals surface area contributed by atoms with Crippen molar-refractivity contribution < 1.29 is 9.21 Å². The number of hydrogen-bond donors (Lipinski definition) is 0. The van der Waals surface area contributed by atoms with E-state index in [0.29, 0.717) is 18.8 Å². The third-order valence-corrected chi connectivity index (χ3v) is 5.70. The summed E-state index contributed by atoms with van der Waals surface area (Å²) in [5, 5.41) is 0.967. The van der Waals surface area contributed by atoms with Gasteiger partial charge in [-0.1, -0.05) is 48.5 Å². The van der Waals surface area contributed by atoms with Gasteiger partial charge in [-0.25, -0.2) is 4.98 Å². The van der Waals surface area contributed by atoms with Crippen LogP contribution in [0, 0.1) is 0 Å². The second-order valence-corrected chi connectivity index (χ2v) is 7.59. The molecular formula is C24H24N4O2. The molecule has 0 N–H and O–H groups in total. The highest BCUT2D eigenvalue weighted by atomic mass is 16.3. The van der Waals surface area contributed by atoms with E-state index in [1.165, 1.54) is 0 Å². The summed E-state index contributed by atoms with van der Waals surface area (Å²) >= 11 is 0. The van der Waals surface area contributed by atoms with Gasteiger partial charge in [0.25, 0.3) is 5.91 Å². The predicted octanol–water partition coefficient (Wildman–Crippen LogP) is 3.75. The molecule has 0 spiro atoms. The van der Waals surface area contributed by atoms with E-state index in [0.717, 1.165) is 48.5 Å². The Morgan fingerprint density at radius 3 is 2.50 bits per heavy atom. The summed E-state index contributed by atoms with van der Waals surface area (Å²) in [5.41, 5.74) is 1.89. The van der Waals surface area contributed by atoms with Crippen molar-refractivity contribution in [1.82, 2.24) is 19.4 Å². The van der Waals surface area contributed by atoms with Crippen LogP contribution in [0.4, 0.5) is 0 Å². The summed E-state index contributed by atoms with van der Waals surface area (Å²) in [6.07, 6.45) is 3.88. The first-order valence-corrected chi connectivity index (χ1v) is 10.3. The number of furan rings is 1. The quantitative estimate of drug-likeness (QED) is 0.512. The number of para-hydroxylation sites is 1. The fourth-order valence-electron chi connectivity index (χ4n) is 4.00. The van der Waals surface area contributed by atoms with Crippen LogP contribution in [-0.4, -0.2) is 58.0 Å². The Balaban J connectivity index is 1.17. The summed E-state index contributed by atoms with van der Waals surface area (Å²) in [7, 11) is 0. The number of amides is 1. The maximum absolute atomic E-state index is 12.8.